The highest BCUT2D eigenvalue weighted by atomic mass is 79.9. The largest absolute Gasteiger partial charge is 0.480 e. The van der Waals surface area contributed by atoms with Crippen LogP contribution in [0.15, 0.2) is 88.4 Å². The van der Waals surface area contributed by atoms with Crippen LogP contribution in [0, 0.1) is 12.3 Å². The number of nitrogens with one attached hydrogen (secondary N) is 1. The summed E-state index contributed by atoms with van der Waals surface area (Å²) in [6.07, 6.45) is 6.78. The zero-order valence-electron chi connectivity index (χ0n) is 17.0. The summed E-state index contributed by atoms with van der Waals surface area (Å²) in [4.78, 5) is 17.7. The maximum Gasteiger partial charge on any atom is 0.272 e. The molecule has 0 saturated carbocycles. The Kier molecular flexibility index (Phi) is 6.59. The van der Waals surface area contributed by atoms with Crippen molar-refractivity contribution < 1.29 is 9.53 Å². The van der Waals surface area contributed by atoms with Crippen LogP contribution in [0.25, 0.3) is 22.2 Å². The number of hydrogen-bond acceptors (Lipinski definition) is 4. The number of ether oxygens (including phenoxy) is 1. The molecule has 0 atom stereocenters. The fraction of sp³-hybridized carbons (Fsp3) is 0.0385. The Labute approximate surface area is 194 Å². The van der Waals surface area contributed by atoms with E-state index in [1.165, 1.54) is 0 Å². The van der Waals surface area contributed by atoms with E-state index in [2.05, 4.69) is 32.4 Å². The zero-order chi connectivity index (χ0) is 22.3. The summed E-state index contributed by atoms with van der Waals surface area (Å²) in [5, 5.41) is 4.88. The van der Waals surface area contributed by atoms with Gasteiger partial charge in [0.1, 0.15) is 12.4 Å². The molecule has 1 amide bonds. The Morgan fingerprint density at radius 2 is 1.88 bits per heavy atom. The van der Waals surface area contributed by atoms with Gasteiger partial charge in [0.2, 0.25) is 0 Å². The van der Waals surface area contributed by atoms with Crippen LogP contribution in [0.4, 0.5) is 0 Å². The number of halogens is 1. The number of amides is 1. The molecule has 0 aliphatic carbocycles. The first-order valence-electron chi connectivity index (χ1n) is 9.80. The van der Waals surface area contributed by atoms with Crippen molar-refractivity contribution in [2.75, 3.05) is 6.61 Å². The molecule has 5 nitrogen and oxygen atoms in total. The Hall–Kier alpha value is -3.95. The van der Waals surface area contributed by atoms with E-state index >= 15 is 0 Å². The second kappa shape index (κ2) is 9.90. The summed E-state index contributed by atoms with van der Waals surface area (Å²) in [6.45, 7) is 0.187. The number of hydrazone groups is 1. The summed E-state index contributed by atoms with van der Waals surface area (Å²) in [5.41, 5.74) is 6.32. The van der Waals surface area contributed by atoms with Crippen LogP contribution in [-0.2, 0) is 0 Å². The lowest BCUT2D eigenvalue weighted by atomic mass is 10.0. The van der Waals surface area contributed by atoms with Gasteiger partial charge in [0.15, 0.2) is 0 Å². The van der Waals surface area contributed by atoms with Crippen LogP contribution in [0.1, 0.15) is 15.9 Å². The molecular formula is C26H18BrN3O2. The first kappa shape index (κ1) is 21.3. The molecule has 0 radical (unpaired) electrons. The Morgan fingerprint density at radius 1 is 1.09 bits per heavy atom. The predicted molar refractivity (Wildman–Crippen MR) is 131 cm³/mol. The second-order valence-corrected chi connectivity index (χ2v) is 7.67. The van der Waals surface area contributed by atoms with Crippen molar-refractivity contribution >= 4 is 39.0 Å². The minimum atomic E-state index is -0.315. The number of rotatable bonds is 6. The quantitative estimate of drug-likeness (QED) is 0.225. The molecule has 1 aromatic heterocycles. The van der Waals surface area contributed by atoms with E-state index < -0.39 is 0 Å². The third-order valence-electron chi connectivity index (χ3n) is 4.68. The maximum absolute atomic E-state index is 13.0. The van der Waals surface area contributed by atoms with E-state index in [0.29, 0.717) is 11.3 Å². The first-order valence-corrected chi connectivity index (χ1v) is 10.6. The van der Waals surface area contributed by atoms with Gasteiger partial charge in [-0.05, 0) is 51.8 Å². The fourth-order valence-corrected chi connectivity index (χ4v) is 3.69. The normalized spacial score (nSPS) is 10.8. The topological polar surface area (TPSA) is 63.6 Å². The number of terminal acetylenes is 1. The highest BCUT2D eigenvalue weighted by molar-refractivity contribution is 9.10. The molecule has 0 aliphatic rings. The predicted octanol–water partition coefficient (Wildman–Crippen LogP) is 5.44. The summed E-state index contributed by atoms with van der Waals surface area (Å²) in [6, 6.07) is 24.5. The van der Waals surface area contributed by atoms with Crippen molar-refractivity contribution in [2.45, 2.75) is 0 Å². The lowest BCUT2D eigenvalue weighted by molar-refractivity contribution is 0.0956. The first-order chi connectivity index (χ1) is 15.7. The van der Waals surface area contributed by atoms with Crippen molar-refractivity contribution in [3.8, 4) is 29.4 Å². The summed E-state index contributed by atoms with van der Waals surface area (Å²) >= 11 is 3.44. The van der Waals surface area contributed by atoms with Gasteiger partial charge in [-0.1, -0.05) is 54.5 Å². The minimum absolute atomic E-state index is 0.187. The molecule has 6 heteroatoms. The molecule has 0 unspecified atom stereocenters. The zero-order valence-corrected chi connectivity index (χ0v) is 18.5. The third-order valence-corrected chi connectivity index (χ3v) is 5.30. The van der Waals surface area contributed by atoms with Crippen molar-refractivity contribution in [3.63, 3.8) is 0 Å². The van der Waals surface area contributed by atoms with Crippen LogP contribution in [0.3, 0.4) is 0 Å². The molecule has 1 heterocycles. The molecule has 0 fully saturated rings. The van der Waals surface area contributed by atoms with Crippen molar-refractivity contribution in [1.29, 1.82) is 0 Å². The van der Waals surface area contributed by atoms with Crippen molar-refractivity contribution in [3.05, 3.63) is 94.5 Å². The molecule has 0 aliphatic heterocycles. The van der Waals surface area contributed by atoms with E-state index in [1.54, 1.807) is 18.3 Å². The molecule has 0 saturated heterocycles. The lowest BCUT2D eigenvalue weighted by Gasteiger charge is -2.09. The molecular weight excluding hydrogens is 466 g/mol. The van der Waals surface area contributed by atoms with Gasteiger partial charge in [0.25, 0.3) is 5.91 Å². The fourth-order valence-electron chi connectivity index (χ4n) is 3.18. The molecule has 156 valence electrons. The van der Waals surface area contributed by atoms with Gasteiger partial charge in [0.05, 0.1) is 27.5 Å². The third kappa shape index (κ3) is 4.85. The van der Waals surface area contributed by atoms with Crippen LogP contribution in [0.5, 0.6) is 5.75 Å². The number of carbonyl (C=O) groups excluding carboxylic acids is 1. The van der Waals surface area contributed by atoms with Crippen molar-refractivity contribution in [1.82, 2.24) is 10.4 Å². The number of aromatic nitrogens is 1. The second-order valence-electron chi connectivity index (χ2n) is 6.82. The SMILES string of the molecule is C#CCOc1ccc(/C=N/NC(=O)c2cc(-c3ccccc3)nc3ccccc23)cc1Br. The average Bonchev–Trinajstić information content (AvgIpc) is 2.83. The van der Waals surface area contributed by atoms with E-state index in [-0.39, 0.29) is 12.5 Å². The van der Waals surface area contributed by atoms with E-state index in [1.807, 2.05) is 66.7 Å². The van der Waals surface area contributed by atoms with Crippen molar-refractivity contribution in [2.24, 2.45) is 5.10 Å². The van der Waals surface area contributed by atoms with Crippen LogP contribution in [0.2, 0.25) is 0 Å². The number of carbonyl (C=O) groups is 1. The van der Waals surface area contributed by atoms with Gasteiger partial charge >= 0.3 is 0 Å². The van der Waals surface area contributed by atoms with E-state index in [4.69, 9.17) is 16.1 Å². The highest BCUT2D eigenvalue weighted by Gasteiger charge is 2.13. The maximum atomic E-state index is 13.0. The van der Waals surface area contributed by atoms with Gasteiger partial charge in [-0.2, -0.15) is 5.10 Å². The average molecular weight is 484 g/mol. The Morgan fingerprint density at radius 3 is 2.66 bits per heavy atom. The van der Waals surface area contributed by atoms with E-state index in [9.17, 15) is 4.79 Å². The molecule has 32 heavy (non-hydrogen) atoms. The van der Waals surface area contributed by atoms with Gasteiger partial charge in [-0.3, -0.25) is 4.79 Å². The molecule has 3 aromatic carbocycles. The number of pyridine rings is 1. The number of para-hydroxylation sites is 1. The van der Waals surface area contributed by atoms with Crippen LogP contribution >= 0.6 is 15.9 Å². The van der Waals surface area contributed by atoms with Gasteiger partial charge in [0, 0.05) is 10.9 Å². The van der Waals surface area contributed by atoms with Gasteiger partial charge in [-0.15, -0.1) is 6.42 Å². The smallest absolute Gasteiger partial charge is 0.272 e. The standard InChI is InChI=1S/C26H18BrN3O2/c1-2-14-32-25-13-12-18(15-22(25)27)17-28-30-26(31)21-16-24(19-8-4-3-5-9-19)29-23-11-7-6-10-20(21)23/h1,3-13,15-17H,14H2,(H,30,31)/b28-17+. The monoisotopic (exact) mass is 483 g/mol. The molecule has 1 N–H and O–H groups in total. The van der Waals surface area contributed by atoms with Gasteiger partial charge < -0.3 is 4.74 Å². The highest BCUT2D eigenvalue weighted by Crippen LogP contribution is 2.26. The lowest BCUT2D eigenvalue weighted by Crippen LogP contribution is -2.18. The minimum Gasteiger partial charge on any atom is -0.480 e. The number of benzene rings is 3. The number of hydrogen-bond donors (Lipinski definition) is 1. The van der Waals surface area contributed by atoms with E-state index in [0.717, 1.165) is 32.2 Å². The molecule has 4 rings (SSSR count). The Bertz CT molecular complexity index is 1340. The summed E-state index contributed by atoms with van der Waals surface area (Å²) in [5.74, 6) is 2.75. The molecule has 4 aromatic rings. The van der Waals surface area contributed by atoms with Crippen LogP contribution < -0.4 is 10.2 Å². The van der Waals surface area contributed by atoms with Crippen LogP contribution in [-0.4, -0.2) is 23.7 Å². The summed E-state index contributed by atoms with van der Waals surface area (Å²) in [7, 11) is 0. The van der Waals surface area contributed by atoms with Gasteiger partial charge in [-0.25, -0.2) is 10.4 Å². The number of nitrogens with zero attached hydrogens (tertiary/aromatic N) is 2. The molecule has 0 bridgehead atoms. The molecule has 0 spiro atoms. The Balaban J connectivity index is 1.58. The number of fused-ring (bicyclic) bond motifs is 1. The summed E-state index contributed by atoms with van der Waals surface area (Å²) < 4.78 is 6.17.